The maximum Gasteiger partial charge on any atom is 0.266 e. The Labute approximate surface area is 184 Å². The fraction of sp³-hybridized carbons (Fsp3) is 0.333. The average Bonchev–Trinajstić information content (AvgIpc) is 3.20. The Morgan fingerprint density at radius 3 is 2.66 bits per heavy atom. The molecule has 0 radical (unpaired) electrons. The van der Waals surface area contributed by atoms with Crippen LogP contribution in [0.25, 0.3) is 6.08 Å². The summed E-state index contributed by atoms with van der Waals surface area (Å²) in [6.45, 7) is 4.52. The zero-order valence-electron chi connectivity index (χ0n) is 16.4. The number of amides is 2. The van der Waals surface area contributed by atoms with Crippen LogP contribution in [0.1, 0.15) is 42.5 Å². The minimum atomic E-state index is -0.0301. The van der Waals surface area contributed by atoms with E-state index in [4.69, 9.17) is 12.2 Å². The summed E-state index contributed by atoms with van der Waals surface area (Å²) in [7, 11) is 0. The number of thioether (sulfide) groups is 1. The summed E-state index contributed by atoms with van der Waals surface area (Å²) in [5.74, 6) is -0.0524. The first-order chi connectivity index (χ1) is 13.9. The Morgan fingerprint density at radius 1 is 1.21 bits per heavy atom. The Morgan fingerprint density at radius 2 is 1.97 bits per heavy atom. The number of nitrogens with one attached hydrogen (secondary N) is 1. The normalized spacial score (nSPS) is 15.4. The number of thiocarbonyl (C=S) groups is 1. The Kier molecular flexibility index (Phi) is 7.57. The van der Waals surface area contributed by atoms with Crippen molar-refractivity contribution < 1.29 is 9.59 Å². The van der Waals surface area contributed by atoms with Gasteiger partial charge in [0.25, 0.3) is 5.91 Å². The molecular weight excluding hydrogens is 422 g/mol. The number of aryl methyl sites for hydroxylation is 2. The van der Waals surface area contributed by atoms with Crippen molar-refractivity contribution in [2.45, 2.75) is 39.5 Å². The highest BCUT2D eigenvalue weighted by Gasteiger charge is 2.31. The molecule has 1 saturated heterocycles. The maximum absolute atomic E-state index is 12.6. The number of anilines is 1. The van der Waals surface area contributed by atoms with Gasteiger partial charge in [0.15, 0.2) is 5.13 Å². The van der Waals surface area contributed by atoms with E-state index in [9.17, 15) is 9.59 Å². The van der Waals surface area contributed by atoms with Gasteiger partial charge in [0, 0.05) is 18.3 Å². The zero-order valence-corrected chi connectivity index (χ0v) is 18.9. The van der Waals surface area contributed by atoms with Crippen LogP contribution in [0, 0.1) is 13.8 Å². The predicted molar refractivity (Wildman–Crippen MR) is 125 cm³/mol. The van der Waals surface area contributed by atoms with Crippen LogP contribution in [0.2, 0.25) is 0 Å². The molecule has 1 aromatic carbocycles. The van der Waals surface area contributed by atoms with Gasteiger partial charge in [0.1, 0.15) is 4.32 Å². The molecule has 5 nitrogen and oxygen atoms in total. The summed E-state index contributed by atoms with van der Waals surface area (Å²) >= 11 is 8.17. The van der Waals surface area contributed by atoms with Gasteiger partial charge >= 0.3 is 0 Å². The average molecular weight is 446 g/mol. The number of hydrogen-bond acceptors (Lipinski definition) is 6. The number of aromatic nitrogens is 1. The number of carbonyl (C=O) groups excluding carboxylic acids is 2. The largest absolute Gasteiger partial charge is 0.302 e. The second-order valence-corrected chi connectivity index (χ2v) is 9.43. The van der Waals surface area contributed by atoms with Gasteiger partial charge in [-0.05, 0) is 38.3 Å². The van der Waals surface area contributed by atoms with Crippen LogP contribution in [-0.4, -0.2) is 32.6 Å². The fourth-order valence-electron chi connectivity index (χ4n) is 2.83. The van der Waals surface area contributed by atoms with Crippen molar-refractivity contribution in [1.29, 1.82) is 0 Å². The minimum absolute atomic E-state index is 0.0222. The van der Waals surface area contributed by atoms with Gasteiger partial charge in [-0.1, -0.05) is 60.2 Å². The number of nitrogens with zero attached hydrogens (tertiary/aromatic N) is 2. The van der Waals surface area contributed by atoms with Gasteiger partial charge in [-0.3, -0.25) is 14.5 Å². The van der Waals surface area contributed by atoms with Gasteiger partial charge in [-0.2, -0.15) is 0 Å². The second kappa shape index (κ2) is 10.1. The lowest BCUT2D eigenvalue weighted by Crippen LogP contribution is -2.29. The molecule has 0 unspecified atom stereocenters. The summed E-state index contributed by atoms with van der Waals surface area (Å²) < 4.78 is 0.602. The van der Waals surface area contributed by atoms with Gasteiger partial charge < -0.3 is 5.32 Å². The van der Waals surface area contributed by atoms with Crippen LogP contribution >= 0.6 is 35.3 Å². The summed E-state index contributed by atoms with van der Waals surface area (Å²) in [6.07, 6.45) is 4.78. The first-order valence-electron chi connectivity index (χ1n) is 9.46. The van der Waals surface area contributed by atoms with Gasteiger partial charge in [0.05, 0.1) is 10.6 Å². The highest BCUT2D eigenvalue weighted by atomic mass is 32.2. The molecule has 0 saturated carbocycles. The zero-order chi connectivity index (χ0) is 20.8. The van der Waals surface area contributed by atoms with E-state index in [2.05, 4.69) is 10.3 Å². The summed E-state index contributed by atoms with van der Waals surface area (Å²) in [5.41, 5.74) is 3.09. The first-order valence-corrected chi connectivity index (χ1v) is 11.6. The molecular formula is C21H23N3O2S3. The number of thiazole rings is 1. The van der Waals surface area contributed by atoms with Crippen molar-refractivity contribution in [2.75, 3.05) is 11.9 Å². The minimum Gasteiger partial charge on any atom is -0.302 e. The van der Waals surface area contributed by atoms with Crippen molar-refractivity contribution in [2.24, 2.45) is 0 Å². The van der Waals surface area contributed by atoms with E-state index in [1.165, 1.54) is 28.7 Å². The van der Waals surface area contributed by atoms with Crippen LogP contribution < -0.4 is 5.32 Å². The molecule has 0 bridgehead atoms. The molecule has 1 aliphatic heterocycles. The lowest BCUT2D eigenvalue weighted by atomic mass is 10.1. The lowest BCUT2D eigenvalue weighted by molar-refractivity contribution is -0.122. The van der Waals surface area contributed by atoms with Gasteiger partial charge in [0.2, 0.25) is 5.91 Å². The first kappa shape index (κ1) is 21.7. The van der Waals surface area contributed by atoms with E-state index >= 15 is 0 Å². The van der Waals surface area contributed by atoms with E-state index in [-0.39, 0.29) is 11.8 Å². The molecule has 0 spiro atoms. The molecule has 0 atom stereocenters. The second-order valence-electron chi connectivity index (χ2n) is 6.90. The van der Waals surface area contributed by atoms with Crippen LogP contribution in [-0.2, 0) is 9.59 Å². The summed E-state index contributed by atoms with van der Waals surface area (Å²) in [5, 5.41) is 5.37. The summed E-state index contributed by atoms with van der Waals surface area (Å²) in [4.78, 5) is 31.1. The molecule has 2 amide bonds. The highest BCUT2D eigenvalue weighted by Crippen LogP contribution is 2.32. The van der Waals surface area contributed by atoms with E-state index in [0.29, 0.717) is 27.3 Å². The Balaban J connectivity index is 1.41. The van der Waals surface area contributed by atoms with Crippen molar-refractivity contribution in [3.05, 3.63) is 51.4 Å². The molecule has 1 N–H and O–H groups in total. The number of rotatable bonds is 8. The molecule has 3 rings (SSSR count). The predicted octanol–water partition coefficient (Wildman–Crippen LogP) is 5.16. The van der Waals surface area contributed by atoms with Crippen molar-refractivity contribution in [1.82, 2.24) is 9.88 Å². The summed E-state index contributed by atoms with van der Waals surface area (Å²) in [6, 6.07) is 8.05. The molecule has 8 heteroatoms. The number of hydrogen-bond donors (Lipinski definition) is 1. The van der Waals surface area contributed by atoms with Crippen molar-refractivity contribution >= 4 is 62.7 Å². The van der Waals surface area contributed by atoms with Gasteiger partial charge in [-0.15, -0.1) is 11.3 Å². The molecule has 1 fully saturated rings. The van der Waals surface area contributed by atoms with Crippen LogP contribution in [0.3, 0.4) is 0 Å². The van der Waals surface area contributed by atoms with E-state index in [0.717, 1.165) is 30.5 Å². The van der Waals surface area contributed by atoms with Gasteiger partial charge in [-0.25, -0.2) is 4.98 Å². The maximum atomic E-state index is 12.6. The van der Waals surface area contributed by atoms with Crippen molar-refractivity contribution in [3.63, 3.8) is 0 Å². The van der Waals surface area contributed by atoms with E-state index in [1.54, 1.807) is 4.90 Å². The molecule has 1 aromatic heterocycles. The molecule has 29 heavy (non-hydrogen) atoms. The fourth-order valence-corrected chi connectivity index (χ4v) is 4.85. The molecule has 2 heterocycles. The van der Waals surface area contributed by atoms with Crippen LogP contribution in [0.4, 0.5) is 5.13 Å². The van der Waals surface area contributed by atoms with E-state index in [1.807, 2.05) is 49.6 Å². The third-order valence-electron chi connectivity index (χ3n) is 4.40. The van der Waals surface area contributed by atoms with E-state index < -0.39 is 0 Å². The number of benzene rings is 1. The lowest BCUT2D eigenvalue weighted by Gasteiger charge is -2.14. The third kappa shape index (κ3) is 6.22. The highest BCUT2D eigenvalue weighted by molar-refractivity contribution is 8.26. The number of unbranched alkanes of at least 4 members (excludes halogenated alkanes) is 2. The van der Waals surface area contributed by atoms with Crippen molar-refractivity contribution in [3.8, 4) is 0 Å². The topological polar surface area (TPSA) is 62.3 Å². The monoisotopic (exact) mass is 445 g/mol. The Bertz CT molecular complexity index is 935. The molecule has 1 aliphatic rings. The SMILES string of the molecule is Cc1ccc(C=C2SC(=S)N(CCCCCC(=O)Nc3nc(C)cs3)C2=O)cc1. The van der Waals surface area contributed by atoms with Crippen LogP contribution in [0.5, 0.6) is 0 Å². The molecule has 2 aromatic rings. The molecule has 0 aliphatic carbocycles. The van der Waals surface area contributed by atoms with Crippen LogP contribution in [0.15, 0.2) is 34.6 Å². The molecule has 152 valence electrons. The Hall–Kier alpha value is -2.03. The third-order valence-corrected chi connectivity index (χ3v) is 6.65. The standard InChI is InChI=1S/C21H23N3O2S3/c1-14-7-9-16(10-8-14)12-17-19(26)24(21(27)29-17)11-5-3-4-6-18(25)23-20-22-15(2)13-28-20/h7-10,12-13H,3-6,11H2,1-2H3,(H,22,23,25). The quantitative estimate of drug-likeness (QED) is 0.345. The smallest absolute Gasteiger partial charge is 0.266 e. The number of carbonyl (C=O) groups is 2.